The van der Waals surface area contributed by atoms with Gasteiger partial charge in [0.15, 0.2) is 0 Å². The van der Waals surface area contributed by atoms with Gasteiger partial charge in [0.2, 0.25) is 0 Å². The molecular weight excluding hydrogens is 182 g/mol. The first kappa shape index (κ1) is 9.18. The molecule has 0 amide bonds. The van der Waals surface area contributed by atoms with Crippen LogP contribution in [0.2, 0.25) is 0 Å². The molecule has 0 bridgehead atoms. The highest BCUT2D eigenvalue weighted by atomic mass is 19.1. The number of benzene rings is 2. The van der Waals surface area contributed by atoms with E-state index < -0.39 is 7.12 Å². The van der Waals surface area contributed by atoms with E-state index in [-0.39, 0.29) is 5.82 Å². The molecule has 14 heavy (non-hydrogen) atoms. The Morgan fingerprint density at radius 3 is 2.29 bits per heavy atom. The zero-order chi connectivity index (χ0) is 10.1. The average molecular weight is 190 g/mol. The molecule has 70 valence electrons. The maximum Gasteiger partial charge on any atom is 0.489 e. The summed E-state index contributed by atoms with van der Waals surface area (Å²) >= 11 is 0. The summed E-state index contributed by atoms with van der Waals surface area (Å²) in [6.07, 6.45) is 0. The molecule has 0 fully saturated rings. The van der Waals surface area contributed by atoms with Crippen LogP contribution in [-0.2, 0) is 0 Å². The third-order valence-corrected chi connectivity index (χ3v) is 2.18. The standard InChI is InChI=1S/C10H8BFO2/c12-10-6-2-3-7-8(10)4-1-5-9(7)11(13)14/h1-6,13-14H. The van der Waals surface area contributed by atoms with E-state index in [1.807, 2.05) is 0 Å². The lowest BCUT2D eigenvalue weighted by Gasteiger charge is -2.05. The van der Waals surface area contributed by atoms with Gasteiger partial charge in [-0.2, -0.15) is 0 Å². The predicted octanol–water partition coefficient (Wildman–Crippen LogP) is 0.659. The number of rotatable bonds is 1. The molecule has 0 saturated heterocycles. The molecule has 2 rings (SSSR count). The van der Waals surface area contributed by atoms with Crippen LogP contribution in [0, 0.1) is 5.82 Å². The zero-order valence-electron chi connectivity index (χ0n) is 7.31. The van der Waals surface area contributed by atoms with Gasteiger partial charge in [-0.3, -0.25) is 0 Å². The smallest absolute Gasteiger partial charge is 0.423 e. The molecule has 0 heterocycles. The van der Waals surface area contributed by atoms with Crippen molar-refractivity contribution in [2.24, 2.45) is 0 Å². The van der Waals surface area contributed by atoms with Gasteiger partial charge in [0.25, 0.3) is 0 Å². The maximum absolute atomic E-state index is 13.3. The molecule has 2 nitrogen and oxygen atoms in total. The van der Waals surface area contributed by atoms with E-state index in [0.717, 1.165) is 0 Å². The van der Waals surface area contributed by atoms with Crippen LogP contribution in [0.1, 0.15) is 0 Å². The molecule has 0 unspecified atom stereocenters. The lowest BCUT2D eigenvalue weighted by molar-refractivity contribution is 0.426. The monoisotopic (exact) mass is 190 g/mol. The highest BCUT2D eigenvalue weighted by Gasteiger charge is 2.14. The molecule has 2 aromatic rings. The molecule has 0 radical (unpaired) electrons. The Morgan fingerprint density at radius 2 is 1.57 bits per heavy atom. The van der Waals surface area contributed by atoms with Crippen molar-refractivity contribution < 1.29 is 14.4 Å². The van der Waals surface area contributed by atoms with Crippen LogP contribution in [0.3, 0.4) is 0 Å². The van der Waals surface area contributed by atoms with Gasteiger partial charge < -0.3 is 10.0 Å². The lowest BCUT2D eigenvalue weighted by atomic mass is 9.77. The molecular formula is C10H8BFO2. The molecule has 0 atom stereocenters. The quantitative estimate of drug-likeness (QED) is 0.648. The number of hydrogen-bond donors (Lipinski definition) is 2. The van der Waals surface area contributed by atoms with E-state index in [4.69, 9.17) is 10.0 Å². The highest BCUT2D eigenvalue weighted by molar-refractivity contribution is 6.61. The number of fused-ring (bicyclic) bond motifs is 1. The fraction of sp³-hybridized carbons (Fsp3) is 0. The van der Waals surface area contributed by atoms with E-state index in [1.165, 1.54) is 6.07 Å². The van der Waals surface area contributed by atoms with Gasteiger partial charge in [0.05, 0.1) is 0 Å². The molecule has 2 N–H and O–H groups in total. The van der Waals surface area contributed by atoms with Crippen LogP contribution in [0.15, 0.2) is 36.4 Å². The van der Waals surface area contributed by atoms with Crippen LogP contribution in [-0.4, -0.2) is 17.2 Å². The lowest BCUT2D eigenvalue weighted by Crippen LogP contribution is -2.30. The molecule has 0 aromatic heterocycles. The Hall–Kier alpha value is -1.39. The van der Waals surface area contributed by atoms with Crippen LogP contribution >= 0.6 is 0 Å². The van der Waals surface area contributed by atoms with Crippen molar-refractivity contribution in [3.8, 4) is 0 Å². The van der Waals surface area contributed by atoms with Crippen molar-refractivity contribution in [2.75, 3.05) is 0 Å². The first-order valence-corrected chi connectivity index (χ1v) is 4.23. The topological polar surface area (TPSA) is 40.5 Å². The van der Waals surface area contributed by atoms with E-state index in [0.29, 0.717) is 16.2 Å². The Bertz CT molecular complexity index is 471. The minimum atomic E-state index is -1.57. The van der Waals surface area contributed by atoms with Crippen LogP contribution in [0.25, 0.3) is 10.8 Å². The van der Waals surface area contributed by atoms with Gasteiger partial charge in [-0.25, -0.2) is 4.39 Å². The van der Waals surface area contributed by atoms with E-state index in [9.17, 15) is 4.39 Å². The Kier molecular flexibility index (Phi) is 2.23. The molecule has 4 heteroatoms. The minimum Gasteiger partial charge on any atom is -0.423 e. The second-order valence-electron chi connectivity index (χ2n) is 3.06. The predicted molar refractivity (Wildman–Crippen MR) is 53.7 cm³/mol. The number of halogens is 1. The Balaban J connectivity index is 2.81. The molecule has 0 aliphatic carbocycles. The van der Waals surface area contributed by atoms with Crippen LogP contribution in [0.5, 0.6) is 0 Å². The SMILES string of the molecule is OB(O)c1cccc2c(F)cccc12. The second kappa shape index (κ2) is 3.40. The fourth-order valence-electron chi connectivity index (χ4n) is 1.52. The van der Waals surface area contributed by atoms with Crippen molar-refractivity contribution in [3.05, 3.63) is 42.2 Å². The number of hydrogen-bond acceptors (Lipinski definition) is 2. The Morgan fingerprint density at radius 1 is 0.929 bits per heavy atom. The third-order valence-electron chi connectivity index (χ3n) is 2.18. The molecule has 2 aromatic carbocycles. The van der Waals surface area contributed by atoms with Crippen molar-refractivity contribution in [1.82, 2.24) is 0 Å². The summed E-state index contributed by atoms with van der Waals surface area (Å²) in [6, 6.07) is 9.32. The van der Waals surface area contributed by atoms with E-state index in [1.54, 1.807) is 30.3 Å². The second-order valence-corrected chi connectivity index (χ2v) is 3.06. The van der Waals surface area contributed by atoms with Crippen LogP contribution in [0.4, 0.5) is 4.39 Å². The molecule has 0 aliphatic rings. The van der Waals surface area contributed by atoms with Crippen molar-refractivity contribution in [2.45, 2.75) is 0 Å². The first-order valence-electron chi connectivity index (χ1n) is 4.23. The summed E-state index contributed by atoms with van der Waals surface area (Å²) < 4.78 is 13.3. The van der Waals surface area contributed by atoms with Gasteiger partial charge >= 0.3 is 7.12 Å². The van der Waals surface area contributed by atoms with Crippen molar-refractivity contribution in [1.29, 1.82) is 0 Å². The van der Waals surface area contributed by atoms with Gasteiger partial charge in [-0.1, -0.05) is 30.3 Å². The minimum absolute atomic E-state index is 0.321. The Labute approximate surface area is 80.8 Å². The molecule has 0 saturated carbocycles. The largest absolute Gasteiger partial charge is 0.489 e. The molecule has 0 spiro atoms. The van der Waals surface area contributed by atoms with Gasteiger partial charge in [-0.15, -0.1) is 0 Å². The highest BCUT2D eigenvalue weighted by Crippen LogP contribution is 2.15. The summed E-state index contributed by atoms with van der Waals surface area (Å²) in [6.45, 7) is 0. The van der Waals surface area contributed by atoms with E-state index in [2.05, 4.69) is 0 Å². The summed E-state index contributed by atoms with van der Waals surface area (Å²) in [5.41, 5.74) is 0.321. The first-order chi connectivity index (χ1) is 6.70. The fourth-order valence-corrected chi connectivity index (χ4v) is 1.52. The maximum atomic E-state index is 13.3. The van der Waals surface area contributed by atoms with Gasteiger partial charge in [0, 0.05) is 5.39 Å². The van der Waals surface area contributed by atoms with Crippen molar-refractivity contribution in [3.63, 3.8) is 0 Å². The van der Waals surface area contributed by atoms with E-state index >= 15 is 0 Å². The van der Waals surface area contributed by atoms with Gasteiger partial charge in [-0.05, 0) is 16.9 Å². The zero-order valence-corrected chi connectivity index (χ0v) is 7.31. The normalized spacial score (nSPS) is 10.5. The van der Waals surface area contributed by atoms with Crippen molar-refractivity contribution >= 4 is 23.4 Å². The van der Waals surface area contributed by atoms with Gasteiger partial charge in [0.1, 0.15) is 5.82 Å². The summed E-state index contributed by atoms with van der Waals surface area (Å²) in [4.78, 5) is 0. The summed E-state index contributed by atoms with van der Waals surface area (Å²) in [5.74, 6) is -0.356. The molecule has 0 aliphatic heterocycles. The third kappa shape index (κ3) is 1.39. The summed E-state index contributed by atoms with van der Waals surface area (Å²) in [7, 11) is -1.57. The summed E-state index contributed by atoms with van der Waals surface area (Å²) in [5, 5.41) is 19.0. The average Bonchev–Trinajstić information content (AvgIpc) is 2.17. The van der Waals surface area contributed by atoms with Crippen LogP contribution < -0.4 is 5.46 Å².